The van der Waals surface area contributed by atoms with Crippen LogP contribution in [0.1, 0.15) is 6.23 Å². The summed E-state index contributed by atoms with van der Waals surface area (Å²) in [5, 5.41) is 19.4. The van der Waals surface area contributed by atoms with E-state index in [-0.39, 0.29) is 5.82 Å². The maximum absolute atomic E-state index is 13.2. The maximum atomic E-state index is 13.2. The summed E-state index contributed by atoms with van der Waals surface area (Å²) in [6.45, 7) is -1.68. The molecule has 1 fully saturated rings. The predicted molar refractivity (Wildman–Crippen MR) is 67.2 cm³/mol. The van der Waals surface area contributed by atoms with Crippen LogP contribution in [-0.4, -0.2) is 44.8 Å². The molecule has 7 nitrogen and oxygen atoms in total. The summed E-state index contributed by atoms with van der Waals surface area (Å²) in [5.41, 5.74) is 2.86. The third kappa shape index (κ3) is 2.06. The number of alkyl halides is 1. The van der Waals surface area contributed by atoms with Gasteiger partial charge in [0.05, 0.1) is 19.2 Å². The van der Waals surface area contributed by atoms with Gasteiger partial charge in [-0.15, -0.1) is 6.42 Å². The monoisotopic (exact) mass is 283 g/mol. The summed E-state index contributed by atoms with van der Waals surface area (Å²) in [4.78, 5) is 15.3. The molecule has 1 aromatic heterocycles. The van der Waals surface area contributed by atoms with Crippen molar-refractivity contribution < 1.29 is 19.3 Å². The normalized spacial score (nSPS) is 33.0. The first-order valence-electron chi connectivity index (χ1n) is 5.84. The van der Waals surface area contributed by atoms with Crippen molar-refractivity contribution in [1.82, 2.24) is 9.55 Å². The van der Waals surface area contributed by atoms with Gasteiger partial charge in [-0.2, -0.15) is 4.98 Å². The molecule has 1 aliphatic heterocycles. The Balaban J connectivity index is 2.47. The lowest BCUT2D eigenvalue weighted by Gasteiger charge is -2.23. The Labute approximate surface area is 113 Å². The summed E-state index contributed by atoms with van der Waals surface area (Å²) in [6, 6.07) is 1.33. The Morgan fingerprint density at radius 3 is 2.90 bits per heavy atom. The van der Waals surface area contributed by atoms with Crippen LogP contribution in [0.3, 0.4) is 0 Å². The lowest BCUT2D eigenvalue weighted by atomic mass is 9.91. The van der Waals surface area contributed by atoms with E-state index in [1.54, 1.807) is 0 Å². The van der Waals surface area contributed by atoms with Crippen molar-refractivity contribution in [3.05, 3.63) is 22.7 Å². The second-order valence-corrected chi connectivity index (χ2v) is 4.51. The standard InChI is InChI=1S/C12H14FN3O4/c1-2-12(6-17)9(18)7(5-13)10(20-12)16-4-3-8(14)15-11(16)19/h1,3-4,7,9-10,17-18H,5-6H2,(H2,14,15,19)/t7-,9+,10-,12-/m1/s1. The highest BCUT2D eigenvalue weighted by molar-refractivity contribution is 5.24. The number of hydrogen-bond donors (Lipinski definition) is 3. The second kappa shape index (κ2) is 5.20. The number of hydrogen-bond acceptors (Lipinski definition) is 6. The fourth-order valence-electron chi connectivity index (χ4n) is 2.21. The number of ether oxygens (including phenoxy) is 1. The minimum absolute atomic E-state index is 0.00645. The van der Waals surface area contributed by atoms with Crippen LogP contribution in [0, 0.1) is 18.3 Å². The molecule has 0 amide bonds. The summed E-state index contributed by atoms with van der Waals surface area (Å²) in [5.74, 6) is 1.03. The number of anilines is 1. The van der Waals surface area contributed by atoms with Gasteiger partial charge in [0.2, 0.25) is 0 Å². The van der Waals surface area contributed by atoms with Gasteiger partial charge in [-0.3, -0.25) is 8.96 Å². The van der Waals surface area contributed by atoms with E-state index in [0.717, 1.165) is 4.57 Å². The van der Waals surface area contributed by atoms with Crippen LogP contribution in [0.2, 0.25) is 0 Å². The van der Waals surface area contributed by atoms with Gasteiger partial charge in [0.15, 0.2) is 5.60 Å². The van der Waals surface area contributed by atoms with Crippen LogP contribution in [0.5, 0.6) is 0 Å². The Bertz CT molecular complexity index is 599. The number of nitrogen functional groups attached to an aromatic ring is 1. The molecule has 8 heteroatoms. The van der Waals surface area contributed by atoms with E-state index in [0.29, 0.717) is 0 Å². The highest BCUT2D eigenvalue weighted by atomic mass is 19.1. The zero-order valence-corrected chi connectivity index (χ0v) is 10.4. The zero-order valence-electron chi connectivity index (χ0n) is 10.4. The first-order valence-corrected chi connectivity index (χ1v) is 5.84. The van der Waals surface area contributed by atoms with Crippen LogP contribution < -0.4 is 11.4 Å². The quantitative estimate of drug-likeness (QED) is 0.592. The van der Waals surface area contributed by atoms with Crippen LogP contribution in [0.25, 0.3) is 0 Å². The second-order valence-electron chi connectivity index (χ2n) is 4.51. The van der Waals surface area contributed by atoms with E-state index in [9.17, 15) is 19.4 Å². The highest BCUT2D eigenvalue weighted by Gasteiger charge is 2.54. The average molecular weight is 283 g/mol. The van der Waals surface area contributed by atoms with Crippen molar-refractivity contribution in [2.24, 2.45) is 5.92 Å². The van der Waals surface area contributed by atoms with Gasteiger partial charge in [0.25, 0.3) is 0 Å². The molecule has 0 bridgehead atoms. The largest absolute Gasteiger partial charge is 0.392 e. The summed E-state index contributed by atoms with van der Waals surface area (Å²) < 4.78 is 19.5. The van der Waals surface area contributed by atoms with Gasteiger partial charge in [-0.1, -0.05) is 5.92 Å². The molecule has 2 rings (SSSR count). The van der Waals surface area contributed by atoms with Gasteiger partial charge in [-0.25, -0.2) is 4.79 Å². The molecule has 2 heterocycles. The summed E-state index contributed by atoms with van der Waals surface area (Å²) in [6.07, 6.45) is 3.91. The zero-order chi connectivity index (χ0) is 14.9. The molecule has 108 valence electrons. The van der Waals surface area contributed by atoms with Crippen molar-refractivity contribution in [3.8, 4) is 12.3 Å². The molecule has 0 spiro atoms. The minimum atomic E-state index is -1.75. The van der Waals surface area contributed by atoms with Crippen molar-refractivity contribution in [3.63, 3.8) is 0 Å². The van der Waals surface area contributed by atoms with E-state index >= 15 is 0 Å². The van der Waals surface area contributed by atoms with E-state index < -0.39 is 42.8 Å². The van der Waals surface area contributed by atoms with Crippen LogP contribution in [0.15, 0.2) is 17.1 Å². The number of aromatic nitrogens is 2. The van der Waals surface area contributed by atoms with Crippen molar-refractivity contribution in [1.29, 1.82) is 0 Å². The SMILES string of the molecule is C#C[C@]1(CO)O[C@@H](n2ccc(N)nc2=O)[C@H](CF)[C@@H]1O. The molecule has 4 atom stereocenters. The Morgan fingerprint density at radius 2 is 2.40 bits per heavy atom. The van der Waals surface area contributed by atoms with E-state index in [1.807, 2.05) is 0 Å². The highest BCUT2D eigenvalue weighted by Crippen LogP contribution is 2.40. The summed E-state index contributed by atoms with van der Waals surface area (Å²) in [7, 11) is 0. The molecule has 1 aliphatic rings. The number of nitrogens with two attached hydrogens (primary N) is 1. The maximum Gasteiger partial charge on any atom is 0.351 e. The Hall–Kier alpha value is -1.95. The van der Waals surface area contributed by atoms with Gasteiger partial charge >= 0.3 is 5.69 Å². The molecule has 1 aromatic rings. The van der Waals surface area contributed by atoms with Crippen LogP contribution in [-0.2, 0) is 4.74 Å². The molecule has 0 aromatic carbocycles. The van der Waals surface area contributed by atoms with Gasteiger partial charge < -0.3 is 20.7 Å². The van der Waals surface area contributed by atoms with Crippen molar-refractivity contribution in [2.75, 3.05) is 19.0 Å². The topological polar surface area (TPSA) is 111 Å². The first kappa shape index (κ1) is 14.5. The number of aliphatic hydroxyl groups excluding tert-OH is 2. The van der Waals surface area contributed by atoms with Crippen molar-refractivity contribution >= 4 is 5.82 Å². The third-order valence-corrected chi connectivity index (χ3v) is 3.36. The molecule has 0 radical (unpaired) electrons. The van der Waals surface area contributed by atoms with Gasteiger partial charge in [0.1, 0.15) is 18.1 Å². The van der Waals surface area contributed by atoms with Crippen molar-refractivity contribution in [2.45, 2.75) is 17.9 Å². The van der Waals surface area contributed by atoms with Gasteiger partial charge in [-0.05, 0) is 6.07 Å². The molecule has 20 heavy (non-hydrogen) atoms. The van der Waals surface area contributed by atoms with Crippen LogP contribution >= 0.6 is 0 Å². The molecule has 1 saturated heterocycles. The number of terminal acetylenes is 1. The van der Waals surface area contributed by atoms with E-state index in [2.05, 4.69) is 10.9 Å². The average Bonchev–Trinajstić information content (AvgIpc) is 2.71. The lowest BCUT2D eigenvalue weighted by molar-refractivity contribution is -0.0921. The number of aliphatic hydroxyl groups is 2. The number of halogens is 1. The Morgan fingerprint density at radius 1 is 1.70 bits per heavy atom. The minimum Gasteiger partial charge on any atom is -0.392 e. The fraction of sp³-hybridized carbons (Fsp3) is 0.500. The Kier molecular flexibility index (Phi) is 3.76. The van der Waals surface area contributed by atoms with Gasteiger partial charge in [0, 0.05) is 6.20 Å². The number of rotatable bonds is 3. The molecule has 4 N–H and O–H groups in total. The molecule has 0 saturated carbocycles. The lowest BCUT2D eigenvalue weighted by Crippen LogP contribution is -2.43. The first-order chi connectivity index (χ1) is 9.49. The third-order valence-electron chi connectivity index (χ3n) is 3.36. The fourth-order valence-corrected chi connectivity index (χ4v) is 2.21. The molecular weight excluding hydrogens is 269 g/mol. The summed E-state index contributed by atoms with van der Waals surface area (Å²) >= 11 is 0. The molecular formula is C12H14FN3O4. The molecule has 0 unspecified atom stereocenters. The smallest absolute Gasteiger partial charge is 0.351 e. The predicted octanol–water partition coefficient (Wildman–Crippen LogP) is -1.33. The van der Waals surface area contributed by atoms with E-state index in [4.69, 9.17) is 16.9 Å². The number of nitrogens with zero attached hydrogens (tertiary/aromatic N) is 2. The van der Waals surface area contributed by atoms with E-state index in [1.165, 1.54) is 12.3 Å². The van der Waals surface area contributed by atoms with Crippen LogP contribution in [0.4, 0.5) is 10.2 Å². The molecule has 0 aliphatic carbocycles.